The van der Waals surface area contributed by atoms with Crippen molar-refractivity contribution in [3.8, 4) is 45.3 Å². The van der Waals surface area contributed by atoms with Crippen molar-refractivity contribution in [2.75, 3.05) is 0 Å². The smallest absolute Gasteiger partial charge is 0.164 e. The zero-order valence-electron chi connectivity index (χ0n) is 25.4. The molecule has 0 aliphatic rings. The summed E-state index contributed by atoms with van der Waals surface area (Å²) in [6.07, 6.45) is 0. The standard InChI is InChI=1S/C33H21N3S/c1-4-10-22(11-5-1)25-17-19-29-28(20-25)27-18-16-26(21-30(27)37-29)33-35-31(23-12-6-2-7-13-23)34-32(36-33)24-14-8-3-9-15-24/h1-21H/i16D,17D,18D,19D,20D,21D. The minimum atomic E-state index is -0.247. The maximum atomic E-state index is 9.25. The van der Waals surface area contributed by atoms with Gasteiger partial charge in [0.15, 0.2) is 17.5 Å². The molecule has 2 heterocycles. The quantitative estimate of drug-likeness (QED) is 0.244. The van der Waals surface area contributed by atoms with Gasteiger partial charge in [0, 0.05) is 36.9 Å². The zero-order valence-corrected chi connectivity index (χ0v) is 20.2. The molecule has 0 unspecified atom stereocenters. The first-order valence-electron chi connectivity index (χ1n) is 14.7. The van der Waals surface area contributed by atoms with Gasteiger partial charge in [-0.1, -0.05) is 109 Å². The summed E-state index contributed by atoms with van der Waals surface area (Å²) in [4.78, 5) is 14.1. The fourth-order valence-corrected chi connectivity index (χ4v) is 5.14. The third-order valence-corrected chi connectivity index (χ3v) is 7.02. The molecule has 0 N–H and O–H groups in total. The normalized spacial score (nSPS) is 13.5. The molecule has 174 valence electrons. The van der Waals surface area contributed by atoms with Crippen LogP contribution in [-0.4, -0.2) is 15.0 Å². The van der Waals surface area contributed by atoms with Crippen LogP contribution in [0.25, 0.3) is 65.5 Å². The van der Waals surface area contributed by atoms with Gasteiger partial charge in [-0.3, -0.25) is 0 Å². The molecule has 7 aromatic rings. The molecule has 0 saturated carbocycles. The van der Waals surface area contributed by atoms with Gasteiger partial charge in [-0.25, -0.2) is 15.0 Å². The SMILES string of the molecule is [2H]c1c(-c2ccccc2)c([2H])c2c(sc3c([2H])c(-c4nc(-c5ccccc5)nc(-c5ccccc5)n4)c([2H])c([2H])c32)c1[2H]. The second-order valence-corrected chi connectivity index (χ2v) is 9.44. The van der Waals surface area contributed by atoms with Crippen LogP contribution in [-0.2, 0) is 0 Å². The number of hydrogen-bond donors (Lipinski definition) is 0. The van der Waals surface area contributed by atoms with Crippen molar-refractivity contribution in [3.63, 3.8) is 0 Å². The maximum Gasteiger partial charge on any atom is 0.164 e. The molecule has 2 aromatic heterocycles. The number of fused-ring (bicyclic) bond motifs is 3. The summed E-state index contributed by atoms with van der Waals surface area (Å²) in [6, 6.07) is 27.1. The number of aromatic nitrogens is 3. The van der Waals surface area contributed by atoms with Gasteiger partial charge in [0.05, 0.1) is 8.22 Å². The number of benzene rings is 5. The molecule has 4 heteroatoms. The largest absolute Gasteiger partial charge is 0.208 e. The lowest BCUT2D eigenvalue weighted by atomic mass is 10.0. The number of nitrogens with zero attached hydrogens (tertiary/aromatic N) is 3. The van der Waals surface area contributed by atoms with Gasteiger partial charge in [0.1, 0.15) is 0 Å². The first-order chi connectivity index (χ1) is 20.8. The van der Waals surface area contributed by atoms with Crippen LogP contribution in [0.2, 0.25) is 0 Å². The third-order valence-electron chi connectivity index (χ3n) is 6.00. The fourth-order valence-electron chi connectivity index (χ4n) is 4.17. The van der Waals surface area contributed by atoms with E-state index in [2.05, 4.69) is 9.97 Å². The molecule has 3 nitrogen and oxygen atoms in total. The van der Waals surface area contributed by atoms with Crippen molar-refractivity contribution >= 4 is 31.5 Å². The van der Waals surface area contributed by atoms with Crippen LogP contribution in [0.5, 0.6) is 0 Å². The van der Waals surface area contributed by atoms with Crippen molar-refractivity contribution in [1.82, 2.24) is 15.0 Å². The lowest BCUT2D eigenvalue weighted by molar-refractivity contribution is 1.07. The highest BCUT2D eigenvalue weighted by atomic mass is 32.1. The summed E-state index contributed by atoms with van der Waals surface area (Å²) >= 11 is 1.09. The second kappa shape index (κ2) is 9.08. The van der Waals surface area contributed by atoms with Crippen molar-refractivity contribution in [2.24, 2.45) is 0 Å². The summed E-state index contributed by atoms with van der Waals surface area (Å²) < 4.78 is 54.7. The summed E-state index contributed by atoms with van der Waals surface area (Å²) in [7, 11) is 0. The van der Waals surface area contributed by atoms with Crippen LogP contribution in [0.15, 0.2) is 127 Å². The van der Waals surface area contributed by atoms with Crippen LogP contribution in [0.4, 0.5) is 0 Å². The van der Waals surface area contributed by atoms with E-state index >= 15 is 0 Å². The van der Waals surface area contributed by atoms with Crippen LogP contribution < -0.4 is 0 Å². The number of rotatable bonds is 4. The Balaban J connectivity index is 1.54. The Morgan fingerprint density at radius 2 is 0.946 bits per heavy atom. The van der Waals surface area contributed by atoms with Crippen molar-refractivity contribution in [2.45, 2.75) is 0 Å². The van der Waals surface area contributed by atoms with Gasteiger partial charge in [-0.15, -0.1) is 11.3 Å². The van der Waals surface area contributed by atoms with E-state index < -0.39 is 0 Å². The lowest BCUT2D eigenvalue weighted by Crippen LogP contribution is -1.99. The molecular weight excluding hydrogens is 470 g/mol. The van der Waals surface area contributed by atoms with Crippen LogP contribution in [0.3, 0.4) is 0 Å². The van der Waals surface area contributed by atoms with E-state index in [1.807, 2.05) is 78.9 Å². The van der Waals surface area contributed by atoms with Crippen molar-refractivity contribution in [1.29, 1.82) is 0 Å². The molecule has 37 heavy (non-hydrogen) atoms. The molecule has 0 aliphatic heterocycles. The summed E-state index contributed by atoms with van der Waals surface area (Å²) in [5.74, 6) is 0.845. The van der Waals surface area contributed by atoms with E-state index in [-0.39, 0.29) is 58.6 Å². The Morgan fingerprint density at radius 3 is 1.54 bits per heavy atom. The first kappa shape index (κ1) is 16.1. The molecular formula is C33H21N3S. The Bertz CT molecular complexity index is 2130. The van der Waals surface area contributed by atoms with Gasteiger partial charge < -0.3 is 0 Å². The maximum absolute atomic E-state index is 9.25. The number of thiophene rings is 1. The number of hydrogen-bond acceptors (Lipinski definition) is 4. The molecule has 0 spiro atoms. The molecule has 5 aromatic carbocycles. The molecule has 0 fully saturated rings. The van der Waals surface area contributed by atoms with E-state index in [0.717, 1.165) is 22.5 Å². The van der Waals surface area contributed by atoms with E-state index in [1.54, 1.807) is 12.1 Å². The van der Waals surface area contributed by atoms with Crippen LogP contribution in [0, 0.1) is 0 Å². The highest BCUT2D eigenvalue weighted by Gasteiger charge is 2.14. The minimum Gasteiger partial charge on any atom is -0.208 e. The topological polar surface area (TPSA) is 38.7 Å². The zero-order chi connectivity index (χ0) is 29.8. The monoisotopic (exact) mass is 497 g/mol. The average molecular weight is 498 g/mol. The van der Waals surface area contributed by atoms with Gasteiger partial charge in [0.25, 0.3) is 0 Å². The second-order valence-electron chi connectivity index (χ2n) is 8.41. The van der Waals surface area contributed by atoms with E-state index in [9.17, 15) is 1.37 Å². The fraction of sp³-hybridized carbons (Fsp3) is 0. The minimum absolute atomic E-state index is 0.00592. The Kier molecular flexibility index (Phi) is 3.96. The van der Waals surface area contributed by atoms with Crippen molar-refractivity contribution in [3.05, 3.63) is 127 Å². The predicted molar refractivity (Wildman–Crippen MR) is 154 cm³/mol. The Hall–Kier alpha value is -4.67. The van der Waals surface area contributed by atoms with Gasteiger partial charge >= 0.3 is 0 Å². The Labute approximate surface area is 227 Å². The molecule has 0 atom stereocenters. The molecule has 0 aliphatic carbocycles. The lowest BCUT2D eigenvalue weighted by Gasteiger charge is -2.08. The summed E-state index contributed by atoms with van der Waals surface area (Å²) in [5, 5.41) is 0.569. The first-order valence-corrected chi connectivity index (χ1v) is 12.5. The van der Waals surface area contributed by atoms with Crippen molar-refractivity contribution < 1.29 is 8.22 Å². The van der Waals surface area contributed by atoms with E-state index in [1.165, 1.54) is 0 Å². The highest BCUT2D eigenvalue weighted by Crippen LogP contribution is 2.38. The molecule has 0 bridgehead atoms. The third kappa shape index (κ3) is 4.07. The summed E-state index contributed by atoms with van der Waals surface area (Å²) in [6.45, 7) is 0. The average Bonchev–Trinajstić information content (AvgIpc) is 3.46. The Morgan fingerprint density at radius 1 is 0.432 bits per heavy atom. The van der Waals surface area contributed by atoms with Crippen LogP contribution in [0.1, 0.15) is 8.22 Å². The summed E-state index contributed by atoms with van der Waals surface area (Å²) in [5.41, 5.74) is 2.47. The van der Waals surface area contributed by atoms with Crippen LogP contribution >= 0.6 is 11.3 Å². The molecule has 0 radical (unpaired) electrons. The molecule has 0 saturated heterocycles. The van der Waals surface area contributed by atoms with Gasteiger partial charge in [0.2, 0.25) is 0 Å². The van der Waals surface area contributed by atoms with Gasteiger partial charge in [-0.2, -0.15) is 0 Å². The molecule has 7 rings (SSSR count). The highest BCUT2D eigenvalue weighted by molar-refractivity contribution is 7.25. The van der Waals surface area contributed by atoms with Gasteiger partial charge in [-0.05, 0) is 29.3 Å². The van der Waals surface area contributed by atoms with E-state index in [4.69, 9.17) is 11.8 Å². The predicted octanol–water partition coefficient (Wildman–Crippen LogP) is 8.91. The molecule has 0 amide bonds. The van der Waals surface area contributed by atoms with E-state index in [0.29, 0.717) is 32.0 Å².